The number of nitrogens with two attached hydrogens (primary N) is 1. The Bertz CT molecular complexity index is 474. The molecule has 1 atom stereocenters. The smallest absolute Gasteiger partial charge is 0.226 e. The van der Waals surface area contributed by atoms with E-state index >= 15 is 0 Å². The van der Waals surface area contributed by atoms with Gasteiger partial charge in [-0.15, -0.1) is 0 Å². The van der Waals surface area contributed by atoms with Crippen LogP contribution in [0.5, 0.6) is 0 Å². The minimum Gasteiger partial charge on any atom is -0.342 e. The zero-order valence-corrected chi connectivity index (χ0v) is 12.9. The molecule has 1 aromatic carbocycles. The van der Waals surface area contributed by atoms with Crippen LogP contribution < -0.4 is 5.73 Å². The molecule has 0 saturated carbocycles. The number of carbonyl (C=O) groups excluding carboxylic acids is 1. The molecule has 110 valence electrons. The van der Waals surface area contributed by atoms with Crippen molar-refractivity contribution < 1.29 is 4.79 Å². The maximum absolute atomic E-state index is 12.4. The fraction of sp³-hybridized carbons (Fsp3) is 0.588. The monoisotopic (exact) mass is 274 g/mol. The molecule has 0 radical (unpaired) electrons. The van der Waals surface area contributed by atoms with Gasteiger partial charge in [-0.05, 0) is 50.7 Å². The zero-order valence-electron chi connectivity index (χ0n) is 12.9. The SMILES string of the molecule is Cc1ccc(C)c(CC(=O)N2CCC(C(C)N)CC2)c1. The van der Waals surface area contributed by atoms with Gasteiger partial charge in [0.15, 0.2) is 0 Å². The lowest BCUT2D eigenvalue weighted by Crippen LogP contribution is -2.43. The third-order valence-corrected chi connectivity index (χ3v) is 4.48. The lowest BCUT2D eigenvalue weighted by atomic mass is 9.90. The van der Waals surface area contributed by atoms with Crippen molar-refractivity contribution in [2.75, 3.05) is 13.1 Å². The molecular formula is C17H26N2O. The highest BCUT2D eigenvalue weighted by Gasteiger charge is 2.24. The van der Waals surface area contributed by atoms with E-state index in [0.717, 1.165) is 31.5 Å². The summed E-state index contributed by atoms with van der Waals surface area (Å²) < 4.78 is 0. The highest BCUT2D eigenvalue weighted by molar-refractivity contribution is 5.79. The molecule has 0 spiro atoms. The van der Waals surface area contributed by atoms with Crippen LogP contribution in [0.3, 0.4) is 0 Å². The van der Waals surface area contributed by atoms with Gasteiger partial charge in [0, 0.05) is 19.1 Å². The van der Waals surface area contributed by atoms with E-state index in [1.54, 1.807) is 0 Å². The van der Waals surface area contributed by atoms with Crippen LogP contribution in [0.15, 0.2) is 18.2 Å². The number of nitrogens with zero attached hydrogens (tertiary/aromatic N) is 1. The van der Waals surface area contributed by atoms with E-state index in [4.69, 9.17) is 5.73 Å². The van der Waals surface area contributed by atoms with Gasteiger partial charge in [-0.2, -0.15) is 0 Å². The molecular weight excluding hydrogens is 248 g/mol. The van der Waals surface area contributed by atoms with E-state index in [9.17, 15) is 4.79 Å². The van der Waals surface area contributed by atoms with E-state index in [0.29, 0.717) is 12.3 Å². The summed E-state index contributed by atoms with van der Waals surface area (Å²) in [6.07, 6.45) is 2.60. The highest BCUT2D eigenvalue weighted by atomic mass is 16.2. The van der Waals surface area contributed by atoms with Gasteiger partial charge in [0.05, 0.1) is 6.42 Å². The maximum Gasteiger partial charge on any atom is 0.226 e. The second-order valence-electron chi connectivity index (χ2n) is 6.18. The van der Waals surface area contributed by atoms with Crippen molar-refractivity contribution in [3.63, 3.8) is 0 Å². The van der Waals surface area contributed by atoms with Gasteiger partial charge in [-0.1, -0.05) is 23.8 Å². The summed E-state index contributed by atoms with van der Waals surface area (Å²) in [4.78, 5) is 14.4. The molecule has 1 heterocycles. The van der Waals surface area contributed by atoms with Crippen molar-refractivity contribution in [2.45, 2.75) is 46.1 Å². The van der Waals surface area contributed by atoms with E-state index in [2.05, 4.69) is 39.0 Å². The molecule has 2 N–H and O–H groups in total. The van der Waals surface area contributed by atoms with Crippen LogP contribution in [-0.2, 0) is 11.2 Å². The van der Waals surface area contributed by atoms with Crippen molar-refractivity contribution in [1.29, 1.82) is 0 Å². The van der Waals surface area contributed by atoms with E-state index in [1.807, 2.05) is 4.90 Å². The van der Waals surface area contributed by atoms with E-state index in [1.165, 1.54) is 11.1 Å². The number of benzene rings is 1. The number of rotatable bonds is 3. The van der Waals surface area contributed by atoms with Crippen molar-refractivity contribution in [2.24, 2.45) is 11.7 Å². The molecule has 3 nitrogen and oxygen atoms in total. The maximum atomic E-state index is 12.4. The predicted molar refractivity (Wildman–Crippen MR) is 82.6 cm³/mol. The van der Waals surface area contributed by atoms with Gasteiger partial charge >= 0.3 is 0 Å². The molecule has 1 aliphatic heterocycles. The van der Waals surface area contributed by atoms with Crippen LogP contribution in [0.2, 0.25) is 0 Å². The van der Waals surface area contributed by atoms with Crippen LogP contribution in [0, 0.1) is 19.8 Å². The van der Waals surface area contributed by atoms with Crippen molar-refractivity contribution in [3.8, 4) is 0 Å². The van der Waals surface area contributed by atoms with Crippen molar-refractivity contribution in [1.82, 2.24) is 4.90 Å². The number of amides is 1. The van der Waals surface area contributed by atoms with Gasteiger partial charge in [0.25, 0.3) is 0 Å². The molecule has 1 amide bonds. The van der Waals surface area contributed by atoms with Gasteiger partial charge < -0.3 is 10.6 Å². The largest absolute Gasteiger partial charge is 0.342 e. The van der Waals surface area contributed by atoms with Crippen molar-refractivity contribution in [3.05, 3.63) is 34.9 Å². The van der Waals surface area contributed by atoms with Crippen LogP contribution in [0.25, 0.3) is 0 Å². The van der Waals surface area contributed by atoms with Crippen LogP contribution in [0.4, 0.5) is 0 Å². The number of carbonyl (C=O) groups is 1. The molecule has 20 heavy (non-hydrogen) atoms. The molecule has 0 aromatic heterocycles. The quantitative estimate of drug-likeness (QED) is 0.920. The average Bonchev–Trinajstić information content (AvgIpc) is 2.43. The first kappa shape index (κ1) is 15.0. The van der Waals surface area contributed by atoms with Crippen LogP contribution in [0.1, 0.15) is 36.5 Å². The number of aryl methyl sites for hydroxylation is 2. The average molecular weight is 274 g/mol. The Morgan fingerprint density at radius 2 is 2.00 bits per heavy atom. The summed E-state index contributed by atoms with van der Waals surface area (Å²) in [6, 6.07) is 6.56. The second kappa shape index (κ2) is 6.40. The summed E-state index contributed by atoms with van der Waals surface area (Å²) >= 11 is 0. The van der Waals surface area contributed by atoms with Gasteiger partial charge in [-0.25, -0.2) is 0 Å². The first-order valence-corrected chi connectivity index (χ1v) is 7.57. The molecule has 1 aliphatic rings. The summed E-state index contributed by atoms with van der Waals surface area (Å²) in [7, 11) is 0. The number of hydrogen-bond acceptors (Lipinski definition) is 2. The second-order valence-corrected chi connectivity index (χ2v) is 6.18. The number of likely N-dealkylation sites (tertiary alicyclic amines) is 1. The third-order valence-electron chi connectivity index (χ3n) is 4.48. The van der Waals surface area contributed by atoms with Gasteiger partial charge in [0.1, 0.15) is 0 Å². The zero-order chi connectivity index (χ0) is 14.7. The minimum absolute atomic E-state index is 0.242. The minimum atomic E-state index is 0.242. The molecule has 0 aliphatic carbocycles. The van der Waals surface area contributed by atoms with E-state index in [-0.39, 0.29) is 11.9 Å². The van der Waals surface area contributed by atoms with Gasteiger partial charge in [-0.3, -0.25) is 4.79 Å². The van der Waals surface area contributed by atoms with Crippen LogP contribution >= 0.6 is 0 Å². The Balaban J connectivity index is 1.94. The Labute approximate surface area is 122 Å². The van der Waals surface area contributed by atoms with E-state index < -0.39 is 0 Å². The topological polar surface area (TPSA) is 46.3 Å². The molecule has 1 aromatic rings. The lowest BCUT2D eigenvalue weighted by molar-refractivity contribution is -0.131. The summed E-state index contributed by atoms with van der Waals surface area (Å²) in [5.74, 6) is 0.821. The number of hydrogen-bond donors (Lipinski definition) is 1. The van der Waals surface area contributed by atoms with Gasteiger partial charge in [0.2, 0.25) is 5.91 Å². The summed E-state index contributed by atoms with van der Waals surface area (Å²) in [5.41, 5.74) is 9.52. The Kier molecular flexibility index (Phi) is 4.81. The first-order chi connectivity index (χ1) is 9.47. The fourth-order valence-corrected chi connectivity index (χ4v) is 2.94. The molecule has 3 heteroatoms. The Morgan fingerprint density at radius 3 is 2.60 bits per heavy atom. The Morgan fingerprint density at radius 1 is 1.35 bits per heavy atom. The highest BCUT2D eigenvalue weighted by Crippen LogP contribution is 2.21. The Hall–Kier alpha value is -1.35. The standard InChI is InChI=1S/C17H26N2O/c1-12-4-5-13(2)16(10-12)11-17(20)19-8-6-15(7-9-19)14(3)18/h4-5,10,14-15H,6-9,11,18H2,1-3H3. The number of piperidine rings is 1. The third kappa shape index (κ3) is 3.60. The summed E-state index contributed by atoms with van der Waals surface area (Å²) in [5, 5.41) is 0. The molecule has 1 saturated heterocycles. The molecule has 1 fully saturated rings. The molecule has 0 bridgehead atoms. The van der Waals surface area contributed by atoms with Crippen LogP contribution in [-0.4, -0.2) is 29.9 Å². The summed E-state index contributed by atoms with van der Waals surface area (Å²) in [6.45, 7) is 7.93. The molecule has 2 rings (SSSR count). The first-order valence-electron chi connectivity index (χ1n) is 7.57. The van der Waals surface area contributed by atoms with Crippen molar-refractivity contribution >= 4 is 5.91 Å². The predicted octanol–water partition coefficient (Wildman–Crippen LogP) is 2.43. The lowest BCUT2D eigenvalue weighted by Gasteiger charge is -2.34. The normalized spacial score (nSPS) is 18.1. The fourth-order valence-electron chi connectivity index (χ4n) is 2.94. The molecule has 1 unspecified atom stereocenters.